The molecule has 8 nitrogen and oxygen atoms in total. The second-order valence-corrected chi connectivity index (χ2v) is 9.03. The number of alkyl carbamates (subject to hydrolysis) is 1. The number of rotatable bonds is 10. The number of phenols is 1. The van der Waals surface area contributed by atoms with Crippen LogP contribution in [0, 0.1) is 0 Å². The van der Waals surface area contributed by atoms with Crippen molar-refractivity contribution in [2.75, 3.05) is 12.3 Å². The van der Waals surface area contributed by atoms with Crippen LogP contribution < -0.4 is 10.6 Å². The van der Waals surface area contributed by atoms with E-state index in [2.05, 4.69) is 23.3 Å². The summed E-state index contributed by atoms with van der Waals surface area (Å²) in [5, 5.41) is 15.9. The van der Waals surface area contributed by atoms with E-state index in [-0.39, 0.29) is 24.1 Å². The molecule has 1 aromatic rings. The molecule has 0 aliphatic rings. The maximum absolute atomic E-state index is 13.4. The number of amides is 3. The van der Waals surface area contributed by atoms with Crippen LogP contribution in [0.5, 0.6) is 5.75 Å². The van der Waals surface area contributed by atoms with Gasteiger partial charge in [-0.1, -0.05) is 31.5 Å². The highest BCUT2D eigenvalue weighted by atomic mass is 32.1. The molecule has 0 saturated carbocycles. The van der Waals surface area contributed by atoms with Gasteiger partial charge in [-0.2, -0.15) is 12.6 Å². The van der Waals surface area contributed by atoms with Crippen molar-refractivity contribution >= 4 is 30.5 Å². The first-order valence-electron chi connectivity index (χ1n) is 10.9. The molecule has 1 rings (SSSR count). The van der Waals surface area contributed by atoms with Gasteiger partial charge in [0, 0.05) is 23.9 Å². The number of likely N-dealkylation sites (N-methyl/N-ethyl adjacent to an activating group) is 1. The Labute approximate surface area is 196 Å². The van der Waals surface area contributed by atoms with Gasteiger partial charge in [0.1, 0.15) is 23.4 Å². The van der Waals surface area contributed by atoms with E-state index in [1.54, 1.807) is 45.9 Å². The zero-order valence-electron chi connectivity index (χ0n) is 19.8. The van der Waals surface area contributed by atoms with Gasteiger partial charge in [-0.05, 0) is 47.1 Å². The number of ether oxygens (including phenoxy) is 1. The van der Waals surface area contributed by atoms with E-state index in [4.69, 9.17) is 4.74 Å². The number of thiol groups is 1. The van der Waals surface area contributed by atoms with Gasteiger partial charge >= 0.3 is 6.09 Å². The zero-order chi connectivity index (χ0) is 24.5. The van der Waals surface area contributed by atoms with Crippen molar-refractivity contribution in [1.82, 2.24) is 15.5 Å². The van der Waals surface area contributed by atoms with Gasteiger partial charge in [-0.3, -0.25) is 9.59 Å². The van der Waals surface area contributed by atoms with Crippen LogP contribution in [0.1, 0.15) is 66.0 Å². The third-order valence-corrected chi connectivity index (χ3v) is 5.06. The van der Waals surface area contributed by atoms with E-state index >= 15 is 0 Å². The van der Waals surface area contributed by atoms with Gasteiger partial charge in [0.25, 0.3) is 0 Å². The second kappa shape index (κ2) is 12.6. The fraction of sp³-hybridized carbons (Fsp3) is 0.609. The monoisotopic (exact) mass is 467 g/mol. The normalized spacial score (nSPS) is 14.1. The van der Waals surface area contributed by atoms with Crippen molar-refractivity contribution < 1.29 is 24.2 Å². The van der Waals surface area contributed by atoms with E-state index in [1.807, 2.05) is 13.8 Å². The van der Waals surface area contributed by atoms with Gasteiger partial charge in [-0.25, -0.2) is 4.79 Å². The molecular weight excluding hydrogens is 430 g/mol. The number of phenolic OH excluding ortho intramolecular Hbond substituents is 1. The van der Waals surface area contributed by atoms with Crippen molar-refractivity contribution in [2.24, 2.45) is 0 Å². The highest BCUT2D eigenvalue weighted by Gasteiger charge is 2.36. The zero-order valence-corrected chi connectivity index (χ0v) is 20.7. The number of nitrogens with zero attached hydrogens (tertiary/aromatic N) is 1. The van der Waals surface area contributed by atoms with Crippen LogP contribution in [0.4, 0.5) is 4.79 Å². The average molecular weight is 468 g/mol. The summed E-state index contributed by atoms with van der Waals surface area (Å²) in [4.78, 5) is 40.2. The summed E-state index contributed by atoms with van der Waals surface area (Å²) in [6.07, 6.45) is 0.917. The summed E-state index contributed by atoms with van der Waals surface area (Å²) in [5.41, 5.74) is -0.425. The van der Waals surface area contributed by atoms with Crippen LogP contribution >= 0.6 is 12.6 Å². The lowest BCUT2D eigenvalue weighted by molar-refractivity contribution is -0.142. The fourth-order valence-corrected chi connectivity index (χ4v) is 3.54. The summed E-state index contributed by atoms with van der Waals surface area (Å²) in [7, 11) is 0. The molecule has 9 heteroatoms. The average Bonchev–Trinajstić information content (AvgIpc) is 2.69. The van der Waals surface area contributed by atoms with Gasteiger partial charge in [0.15, 0.2) is 0 Å². The molecule has 1 aromatic carbocycles. The number of nitrogens with one attached hydrogen (secondary N) is 2. The van der Waals surface area contributed by atoms with E-state index in [1.165, 1.54) is 11.0 Å². The molecule has 0 heterocycles. The molecule has 0 fully saturated rings. The molecule has 0 aromatic heterocycles. The number of para-hydroxylation sites is 1. The minimum atomic E-state index is -1.07. The summed E-state index contributed by atoms with van der Waals surface area (Å²) in [6.45, 7) is 11.0. The van der Waals surface area contributed by atoms with Crippen molar-refractivity contribution in [1.29, 1.82) is 0 Å². The molecule has 3 atom stereocenters. The van der Waals surface area contributed by atoms with E-state index in [0.29, 0.717) is 5.56 Å². The number of carbonyl (C=O) groups is 3. The van der Waals surface area contributed by atoms with Crippen LogP contribution in [0.3, 0.4) is 0 Å². The van der Waals surface area contributed by atoms with E-state index in [9.17, 15) is 19.5 Å². The Bertz CT molecular complexity index is 781. The standard InChI is InChI=1S/C23H37N3O5S/c1-7-11-15(3)24-20(28)19(16-12-9-10-13-18(16)27)26(8-2)21(29)17(14-32)25-22(30)31-23(4,5)6/h9-10,12-13,15,17,19,27,32H,7-8,11,14H2,1-6H3,(H,24,28)(H,25,30). The molecule has 0 saturated heterocycles. The first-order chi connectivity index (χ1) is 14.9. The molecule has 3 amide bonds. The summed E-state index contributed by atoms with van der Waals surface area (Å²) >= 11 is 4.22. The second-order valence-electron chi connectivity index (χ2n) is 8.67. The maximum atomic E-state index is 13.4. The molecule has 0 spiro atoms. The topological polar surface area (TPSA) is 108 Å². The maximum Gasteiger partial charge on any atom is 0.408 e. The fourth-order valence-electron chi connectivity index (χ4n) is 3.30. The van der Waals surface area contributed by atoms with Crippen LogP contribution in [-0.2, 0) is 14.3 Å². The molecule has 180 valence electrons. The first-order valence-corrected chi connectivity index (χ1v) is 11.6. The molecule has 0 bridgehead atoms. The third-order valence-electron chi connectivity index (χ3n) is 4.70. The van der Waals surface area contributed by atoms with Crippen LogP contribution in [-0.4, -0.2) is 57.9 Å². The molecule has 0 aliphatic heterocycles. The number of benzene rings is 1. The Morgan fingerprint density at radius 1 is 1.16 bits per heavy atom. The lowest BCUT2D eigenvalue weighted by atomic mass is 10.0. The number of carbonyl (C=O) groups excluding carboxylic acids is 3. The molecule has 32 heavy (non-hydrogen) atoms. The molecular formula is C23H37N3O5S. The number of hydrogen-bond acceptors (Lipinski definition) is 6. The third kappa shape index (κ3) is 8.26. The Kier molecular flexibility index (Phi) is 10.9. The molecule has 3 unspecified atom stereocenters. The predicted octanol–water partition coefficient (Wildman–Crippen LogP) is 3.41. The molecule has 3 N–H and O–H groups in total. The smallest absolute Gasteiger partial charge is 0.408 e. The van der Waals surface area contributed by atoms with Crippen LogP contribution in [0.2, 0.25) is 0 Å². The first kappa shape index (κ1) is 27.6. The van der Waals surface area contributed by atoms with Crippen molar-refractivity contribution in [2.45, 2.75) is 78.1 Å². The minimum absolute atomic E-state index is 0.00985. The number of hydrogen-bond donors (Lipinski definition) is 4. The van der Waals surface area contributed by atoms with E-state index < -0.39 is 35.6 Å². The lowest BCUT2D eigenvalue weighted by Gasteiger charge is -2.34. The quantitative estimate of drug-likeness (QED) is 0.395. The summed E-state index contributed by atoms with van der Waals surface area (Å²) in [5.74, 6) is -0.988. The van der Waals surface area contributed by atoms with Gasteiger partial charge < -0.3 is 25.4 Å². The van der Waals surface area contributed by atoms with Crippen molar-refractivity contribution in [3.8, 4) is 5.75 Å². The van der Waals surface area contributed by atoms with Crippen LogP contribution in [0.15, 0.2) is 24.3 Å². The highest BCUT2D eigenvalue weighted by Crippen LogP contribution is 2.29. The largest absolute Gasteiger partial charge is 0.508 e. The van der Waals surface area contributed by atoms with Gasteiger partial charge in [0.05, 0.1) is 0 Å². The Balaban J connectivity index is 3.26. The predicted molar refractivity (Wildman–Crippen MR) is 128 cm³/mol. The molecule has 0 aliphatic carbocycles. The Morgan fingerprint density at radius 2 is 1.78 bits per heavy atom. The van der Waals surface area contributed by atoms with Crippen LogP contribution in [0.25, 0.3) is 0 Å². The molecule has 0 radical (unpaired) electrons. The van der Waals surface area contributed by atoms with Crippen molar-refractivity contribution in [3.05, 3.63) is 29.8 Å². The number of aromatic hydroxyl groups is 1. The van der Waals surface area contributed by atoms with E-state index in [0.717, 1.165) is 12.8 Å². The lowest BCUT2D eigenvalue weighted by Crippen LogP contribution is -2.54. The van der Waals surface area contributed by atoms with Crippen molar-refractivity contribution in [3.63, 3.8) is 0 Å². The Hall–Kier alpha value is -2.42. The summed E-state index contributed by atoms with van der Waals surface area (Å²) < 4.78 is 5.25. The Morgan fingerprint density at radius 3 is 2.28 bits per heavy atom. The highest BCUT2D eigenvalue weighted by molar-refractivity contribution is 7.80. The minimum Gasteiger partial charge on any atom is -0.508 e. The SMILES string of the molecule is CCCC(C)NC(=O)C(c1ccccc1O)N(CC)C(=O)C(CS)NC(=O)OC(C)(C)C. The van der Waals surface area contributed by atoms with Gasteiger partial charge in [-0.15, -0.1) is 0 Å². The van der Waals surface area contributed by atoms with Gasteiger partial charge in [0.2, 0.25) is 11.8 Å². The summed E-state index contributed by atoms with van der Waals surface area (Å²) in [6, 6.07) is 4.23.